The lowest BCUT2D eigenvalue weighted by Gasteiger charge is -2.00. The number of anilines is 1. The molecule has 0 saturated carbocycles. The zero-order valence-electron chi connectivity index (χ0n) is 7.34. The first-order valence-corrected chi connectivity index (χ1v) is 4.73. The monoisotopic (exact) mass is 254 g/mol. The second kappa shape index (κ2) is 3.38. The molecule has 0 aliphatic rings. The fourth-order valence-electron chi connectivity index (χ4n) is 1.09. The summed E-state index contributed by atoms with van der Waals surface area (Å²) in [5, 5.41) is 3.58. The normalized spacial score (nSPS) is 10.4. The van der Waals surface area contributed by atoms with Crippen molar-refractivity contribution in [3.05, 3.63) is 27.1 Å². The Morgan fingerprint density at radius 1 is 1.57 bits per heavy atom. The van der Waals surface area contributed by atoms with Crippen LogP contribution in [-0.4, -0.2) is 22.0 Å². The van der Waals surface area contributed by atoms with Crippen LogP contribution in [0.5, 0.6) is 0 Å². The van der Waals surface area contributed by atoms with E-state index < -0.39 is 0 Å². The van der Waals surface area contributed by atoms with E-state index in [2.05, 4.69) is 36.2 Å². The maximum Gasteiger partial charge on any atom is 0.263 e. The number of nitrogens with one attached hydrogen (secondary N) is 2. The quantitative estimate of drug-likeness (QED) is 0.801. The third-order valence-corrected chi connectivity index (χ3v) is 2.36. The number of halogens is 1. The van der Waals surface area contributed by atoms with Crippen LogP contribution in [0, 0.1) is 0 Å². The van der Waals surface area contributed by atoms with Crippen molar-refractivity contribution in [3.63, 3.8) is 0 Å². The number of hydrogen-bond donors (Lipinski definition) is 2. The second-order valence-electron chi connectivity index (χ2n) is 2.69. The average molecular weight is 255 g/mol. The molecule has 72 valence electrons. The maximum atomic E-state index is 11.2. The fraction of sp³-hybridized carbons (Fsp3) is 0.125. The summed E-state index contributed by atoms with van der Waals surface area (Å²) < 4.78 is 0.478. The smallest absolute Gasteiger partial charge is 0.263 e. The topological polar surface area (TPSA) is 70.7 Å². The first-order chi connectivity index (χ1) is 6.70. The summed E-state index contributed by atoms with van der Waals surface area (Å²) in [7, 11) is 1.72. The SMILES string of the molecule is CNc1ncc2cc(Br)c(=O)[nH]c2n1. The molecule has 0 aromatic carbocycles. The van der Waals surface area contributed by atoms with Gasteiger partial charge in [0.15, 0.2) is 0 Å². The van der Waals surface area contributed by atoms with Gasteiger partial charge < -0.3 is 10.3 Å². The van der Waals surface area contributed by atoms with Crippen molar-refractivity contribution in [2.45, 2.75) is 0 Å². The van der Waals surface area contributed by atoms with Gasteiger partial charge in [0.25, 0.3) is 5.56 Å². The molecule has 2 rings (SSSR count). The van der Waals surface area contributed by atoms with E-state index in [4.69, 9.17) is 0 Å². The van der Waals surface area contributed by atoms with E-state index in [0.717, 1.165) is 5.39 Å². The predicted octanol–water partition coefficient (Wildman–Crippen LogP) is 1.12. The molecule has 0 aliphatic heterocycles. The molecule has 0 bridgehead atoms. The van der Waals surface area contributed by atoms with E-state index in [-0.39, 0.29) is 5.56 Å². The summed E-state index contributed by atoms with van der Waals surface area (Å²) in [5.41, 5.74) is 0.329. The maximum absolute atomic E-state index is 11.2. The minimum atomic E-state index is -0.196. The standard InChI is InChI=1S/C8H7BrN4O/c1-10-8-11-3-4-2-5(9)7(14)12-6(4)13-8/h2-3H,1H3,(H2,10,11,12,13,14). The lowest BCUT2D eigenvalue weighted by atomic mass is 10.3. The average Bonchev–Trinajstić information content (AvgIpc) is 2.19. The van der Waals surface area contributed by atoms with Crippen molar-refractivity contribution in [2.24, 2.45) is 0 Å². The summed E-state index contributed by atoms with van der Waals surface area (Å²) in [6.07, 6.45) is 1.65. The van der Waals surface area contributed by atoms with Gasteiger partial charge in [-0.2, -0.15) is 4.98 Å². The summed E-state index contributed by atoms with van der Waals surface area (Å²) in [6.45, 7) is 0. The third kappa shape index (κ3) is 1.48. The Kier molecular flexibility index (Phi) is 2.20. The molecule has 0 atom stereocenters. The Balaban J connectivity index is 2.77. The van der Waals surface area contributed by atoms with Crippen LogP contribution in [0.3, 0.4) is 0 Å². The largest absolute Gasteiger partial charge is 0.357 e. The predicted molar refractivity (Wildman–Crippen MR) is 57.4 cm³/mol. The van der Waals surface area contributed by atoms with Gasteiger partial charge in [-0.05, 0) is 22.0 Å². The molecule has 5 nitrogen and oxygen atoms in total. The summed E-state index contributed by atoms with van der Waals surface area (Å²) >= 11 is 3.14. The van der Waals surface area contributed by atoms with Crippen LogP contribution in [0.4, 0.5) is 5.95 Å². The molecule has 2 N–H and O–H groups in total. The van der Waals surface area contributed by atoms with Crippen LogP contribution in [0.2, 0.25) is 0 Å². The molecule has 2 heterocycles. The Morgan fingerprint density at radius 3 is 3.07 bits per heavy atom. The molecule has 0 aliphatic carbocycles. The number of H-pyrrole nitrogens is 1. The van der Waals surface area contributed by atoms with Crippen LogP contribution >= 0.6 is 15.9 Å². The number of aromatic amines is 1. The van der Waals surface area contributed by atoms with E-state index in [0.29, 0.717) is 16.1 Å². The van der Waals surface area contributed by atoms with E-state index in [1.54, 1.807) is 19.3 Å². The lowest BCUT2D eigenvalue weighted by molar-refractivity contribution is 1.14. The van der Waals surface area contributed by atoms with Crippen molar-refractivity contribution in [1.29, 1.82) is 0 Å². The molecule has 0 radical (unpaired) electrons. The van der Waals surface area contributed by atoms with E-state index in [9.17, 15) is 4.79 Å². The van der Waals surface area contributed by atoms with Gasteiger partial charge in [0.2, 0.25) is 5.95 Å². The summed E-state index contributed by atoms with van der Waals surface area (Å²) in [5.74, 6) is 0.482. The Labute approximate surface area is 87.7 Å². The number of fused-ring (bicyclic) bond motifs is 1. The molecule has 14 heavy (non-hydrogen) atoms. The van der Waals surface area contributed by atoms with Crippen LogP contribution in [0.15, 0.2) is 21.5 Å². The van der Waals surface area contributed by atoms with Gasteiger partial charge in [-0.3, -0.25) is 4.79 Å². The van der Waals surface area contributed by atoms with Crippen LogP contribution in [0.25, 0.3) is 11.0 Å². The van der Waals surface area contributed by atoms with Gasteiger partial charge in [0.1, 0.15) is 5.65 Å². The Hall–Kier alpha value is -1.43. The molecular formula is C8H7BrN4O. The van der Waals surface area contributed by atoms with Gasteiger partial charge in [-0.1, -0.05) is 0 Å². The van der Waals surface area contributed by atoms with Crippen LogP contribution < -0.4 is 10.9 Å². The molecule has 0 saturated heterocycles. The minimum Gasteiger partial charge on any atom is -0.357 e. The highest BCUT2D eigenvalue weighted by molar-refractivity contribution is 9.10. The number of aromatic nitrogens is 3. The summed E-state index contributed by atoms with van der Waals surface area (Å²) in [6, 6.07) is 1.69. The molecule has 0 amide bonds. The second-order valence-corrected chi connectivity index (χ2v) is 3.55. The highest BCUT2D eigenvalue weighted by atomic mass is 79.9. The highest BCUT2D eigenvalue weighted by Gasteiger charge is 2.02. The number of nitrogens with zero attached hydrogens (tertiary/aromatic N) is 2. The number of pyridine rings is 1. The lowest BCUT2D eigenvalue weighted by Crippen LogP contribution is -2.08. The zero-order valence-corrected chi connectivity index (χ0v) is 8.92. The van der Waals surface area contributed by atoms with Crippen molar-refractivity contribution in [3.8, 4) is 0 Å². The van der Waals surface area contributed by atoms with Crippen molar-refractivity contribution in [2.75, 3.05) is 12.4 Å². The molecule has 2 aromatic rings. The molecule has 0 fully saturated rings. The van der Waals surface area contributed by atoms with Crippen molar-refractivity contribution < 1.29 is 0 Å². The Morgan fingerprint density at radius 2 is 2.36 bits per heavy atom. The Bertz CT molecular complexity index is 536. The van der Waals surface area contributed by atoms with E-state index >= 15 is 0 Å². The van der Waals surface area contributed by atoms with Crippen molar-refractivity contribution in [1.82, 2.24) is 15.0 Å². The molecule has 0 unspecified atom stereocenters. The summed E-state index contributed by atoms with van der Waals surface area (Å²) in [4.78, 5) is 22.0. The number of rotatable bonds is 1. The van der Waals surface area contributed by atoms with Gasteiger partial charge in [-0.15, -0.1) is 0 Å². The fourth-order valence-corrected chi connectivity index (χ4v) is 1.43. The van der Waals surface area contributed by atoms with E-state index in [1.807, 2.05) is 0 Å². The zero-order chi connectivity index (χ0) is 10.1. The first-order valence-electron chi connectivity index (χ1n) is 3.94. The minimum absolute atomic E-state index is 0.196. The van der Waals surface area contributed by atoms with Gasteiger partial charge in [0.05, 0.1) is 4.47 Å². The van der Waals surface area contributed by atoms with E-state index in [1.165, 1.54) is 0 Å². The van der Waals surface area contributed by atoms with Crippen LogP contribution in [-0.2, 0) is 0 Å². The van der Waals surface area contributed by atoms with Gasteiger partial charge >= 0.3 is 0 Å². The third-order valence-electron chi connectivity index (χ3n) is 1.77. The van der Waals surface area contributed by atoms with Crippen LogP contribution in [0.1, 0.15) is 0 Å². The molecule has 6 heteroatoms. The highest BCUT2D eigenvalue weighted by Crippen LogP contribution is 2.12. The number of hydrogen-bond acceptors (Lipinski definition) is 4. The molecule has 0 spiro atoms. The van der Waals surface area contributed by atoms with Crippen molar-refractivity contribution >= 4 is 32.9 Å². The van der Waals surface area contributed by atoms with Gasteiger partial charge in [0, 0.05) is 18.6 Å². The molecular weight excluding hydrogens is 248 g/mol. The molecule has 2 aromatic heterocycles. The van der Waals surface area contributed by atoms with Gasteiger partial charge in [-0.25, -0.2) is 4.98 Å². The first kappa shape index (κ1) is 9.14.